The molecule has 0 aliphatic heterocycles. The number of aliphatic hydroxyl groups is 1. The van der Waals surface area contributed by atoms with Gasteiger partial charge in [-0.05, 0) is 30.5 Å². The molecule has 0 bridgehead atoms. The monoisotopic (exact) mass is 279 g/mol. The lowest BCUT2D eigenvalue weighted by atomic mass is 9.94. The van der Waals surface area contributed by atoms with Crippen molar-refractivity contribution in [1.82, 2.24) is 0 Å². The second kappa shape index (κ2) is 5.88. The van der Waals surface area contributed by atoms with E-state index in [1.54, 1.807) is 0 Å². The third-order valence-electron chi connectivity index (χ3n) is 2.81. The van der Waals surface area contributed by atoms with Gasteiger partial charge in [-0.2, -0.15) is 13.2 Å². The molecule has 0 aliphatic carbocycles. The number of hydrogen-bond donors (Lipinski definition) is 2. The van der Waals surface area contributed by atoms with E-state index in [9.17, 15) is 22.7 Å². The van der Waals surface area contributed by atoms with Crippen molar-refractivity contribution < 1.29 is 22.7 Å². The highest BCUT2D eigenvalue weighted by Crippen LogP contribution is 2.32. The van der Waals surface area contributed by atoms with Gasteiger partial charge >= 0.3 is 6.18 Å². The maximum atomic E-state index is 13.5. The molecule has 108 valence electrons. The summed E-state index contributed by atoms with van der Waals surface area (Å²) in [5.41, 5.74) is 4.35. The first-order valence-electron chi connectivity index (χ1n) is 5.93. The van der Waals surface area contributed by atoms with Crippen LogP contribution in [0.1, 0.15) is 37.4 Å². The van der Waals surface area contributed by atoms with E-state index in [0.29, 0.717) is 12.1 Å². The van der Waals surface area contributed by atoms with Crippen molar-refractivity contribution >= 4 is 0 Å². The van der Waals surface area contributed by atoms with Crippen LogP contribution >= 0.6 is 0 Å². The van der Waals surface area contributed by atoms with E-state index in [2.05, 4.69) is 0 Å². The highest BCUT2D eigenvalue weighted by molar-refractivity contribution is 5.30. The molecule has 0 fully saturated rings. The number of nitrogens with two attached hydrogens (primary N) is 1. The molecule has 6 heteroatoms. The van der Waals surface area contributed by atoms with Crippen LogP contribution in [0, 0.1) is 11.7 Å². The Morgan fingerprint density at radius 3 is 2.32 bits per heavy atom. The van der Waals surface area contributed by atoms with E-state index in [4.69, 9.17) is 5.73 Å². The van der Waals surface area contributed by atoms with Gasteiger partial charge in [-0.25, -0.2) is 4.39 Å². The summed E-state index contributed by atoms with van der Waals surface area (Å²) < 4.78 is 51.2. The summed E-state index contributed by atoms with van der Waals surface area (Å²) in [5.74, 6) is -0.738. The Kier molecular flexibility index (Phi) is 4.92. The van der Waals surface area contributed by atoms with E-state index in [1.165, 1.54) is 0 Å². The van der Waals surface area contributed by atoms with Crippen molar-refractivity contribution in [2.24, 2.45) is 11.7 Å². The molecule has 1 aromatic carbocycles. The summed E-state index contributed by atoms with van der Waals surface area (Å²) in [6.45, 7) is 3.66. The second-order valence-electron chi connectivity index (χ2n) is 4.96. The lowest BCUT2D eigenvalue weighted by molar-refractivity contribution is -0.137. The van der Waals surface area contributed by atoms with Gasteiger partial charge in [-0.15, -0.1) is 0 Å². The fraction of sp³-hybridized carbons (Fsp3) is 0.538. The lowest BCUT2D eigenvalue weighted by Crippen LogP contribution is -2.28. The van der Waals surface area contributed by atoms with Crippen LogP contribution in [0.15, 0.2) is 18.2 Å². The minimum absolute atomic E-state index is 0.106. The van der Waals surface area contributed by atoms with Crippen LogP contribution < -0.4 is 5.73 Å². The number of alkyl halides is 3. The third-order valence-corrected chi connectivity index (χ3v) is 2.81. The van der Waals surface area contributed by atoms with Crippen molar-refractivity contribution in [3.8, 4) is 0 Å². The Labute approximate surface area is 109 Å². The summed E-state index contributed by atoms with van der Waals surface area (Å²) in [4.78, 5) is 0. The molecular weight excluding hydrogens is 262 g/mol. The number of rotatable bonds is 4. The van der Waals surface area contributed by atoms with Crippen LogP contribution in [-0.4, -0.2) is 11.2 Å². The predicted molar refractivity (Wildman–Crippen MR) is 63.8 cm³/mol. The zero-order valence-electron chi connectivity index (χ0n) is 10.7. The number of hydrogen-bond acceptors (Lipinski definition) is 2. The molecule has 0 aliphatic rings. The minimum Gasteiger partial charge on any atom is -0.391 e. The highest BCUT2D eigenvalue weighted by atomic mass is 19.4. The topological polar surface area (TPSA) is 46.2 Å². The normalized spacial score (nSPS) is 15.6. The quantitative estimate of drug-likeness (QED) is 0.831. The summed E-state index contributed by atoms with van der Waals surface area (Å²) in [5, 5.41) is 9.79. The zero-order chi connectivity index (χ0) is 14.8. The summed E-state index contributed by atoms with van der Waals surface area (Å²) in [6.07, 6.45) is -5.36. The van der Waals surface area contributed by atoms with Crippen LogP contribution in [0.2, 0.25) is 0 Å². The molecule has 0 heterocycles. The average molecular weight is 279 g/mol. The Balaban J connectivity index is 3.05. The van der Waals surface area contributed by atoms with E-state index in [-0.39, 0.29) is 17.9 Å². The largest absolute Gasteiger partial charge is 0.416 e. The van der Waals surface area contributed by atoms with Crippen molar-refractivity contribution in [1.29, 1.82) is 0 Å². The van der Waals surface area contributed by atoms with E-state index >= 15 is 0 Å². The van der Waals surface area contributed by atoms with Gasteiger partial charge in [0, 0.05) is 5.56 Å². The molecule has 0 unspecified atom stereocenters. The first-order chi connectivity index (χ1) is 8.62. The van der Waals surface area contributed by atoms with Crippen molar-refractivity contribution in [2.75, 3.05) is 0 Å². The summed E-state index contributed by atoms with van der Waals surface area (Å²) in [6, 6.07) is 0.856. The van der Waals surface area contributed by atoms with Gasteiger partial charge in [-0.1, -0.05) is 13.8 Å². The molecule has 0 radical (unpaired) electrons. The Morgan fingerprint density at radius 1 is 1.26 bits per heavy atom. The first kappa shape index (κ1) is 15.9. The first-order valence-corrected chi connectivity index (χ1v) is 5.93. The van der Waals surface area contributed by atoms with E-state index < -0.39 is 29.7 Å². The standard InChI is InChI=1S/C13H17F4NO/c1-7(2)5-11(19)12(18)9-6-8(13(15,16)17)3-4-10(9)14/h3-4,6-7,11-12,19H,5,18H2,1-2H3/t11-,12+/m1/s1. The molecule has 0 aromatic heterocycles. The van der Waals surface area contributed by atoms with Crippen LogP contribution in [0.25, 0.3) is 0 Å². The molecule has 3 N–H and O–H groups in total. The molecule has 2 nitrogen and oxygen atoms in total. The number of benzene rings is 1. The van der Waals surface area contributed by atoms with E-state index in [0.717, 1.165) is 6.07 Å². The Morgan fingerprint density at radius 2 is 1.84 bits per heavy atom. The van der Waals surface area contributed by atoms with Gasteiger partial charge in [0.25, 0.3) is 0 Å². The minimum atomic E-state index is -4.56. The fourth-order valence-electron chi connectivity index (χ4n) is 1.81. The van der Waals surface area contributed by atoms with Gasteiger partial charge in [0.2, 0.25) is 0 Å². The SMILES string of the molecule is CC(C)C[C@@H](O)[C@@H](N)c1cc(C(F)(F)F)ccc1F. The molecule has 1 rings (SSSR count). The van der Waals surface area contributed by atoms with Gasteiger partial charge in [-0.3, -0.25) is 0 Å². The Bertz CT molecular complexity index is 431. The molecule has 1 aromatic rings. The predicted octanol–water partition coefficient (Wildman–Crippen LogP) is 3.25. The van der Waals surface area contributed by atoms with Crippen molar-refractivity contribution in [3.63, 3.8) is 0 Å². The summed E-state index contributed by atoms with van der Waals surface area (Å²) >= 11 is 0. The van der Waals surface area contributed by atoms with Gasteiger partial charge in [0.1, 0.15) is 5.82 Å². The highest BCUT2D eigenvalue weighted by Gasteiger charge is 2.32. The smallest absolute Gasteiger partial charge is 0.391 e. The number of halogens is 4. The van der Waals surface area contributed by atoms with E-state index in [1.807, 2.05) is 13.8 Å². The maximum absolute atomic E-state index is 13.5. The number of aliphatic hydroxyl groups excluding tert-OH is 1. The molecule has 2 atom stereocenters. The fourth-order valence-corrected chi connectivity index (χ4v) is 1.81. The van der Waals surface area contributed by atoms with Gasteiger partial charge in [0.05, 0.1) is 17.7 Å². The second-order valence-corrected chi connectivity index (χ2v) is 4.96. The molecule has 0 spiro atoms. The van der Waals surface area contributed by atoms with Crippen molar-refractivity contribution in [2.45, 2.75) is 38.6 Å². The van der Waals surface area contributed by atoms with Crippen molar-refractivity contribution in [3.05, 3.63) is 35.1 Å². The molecule has 0 amide bonds. The van der Waals surface area contributed by atoms with Gasteiger partial charge in [0.15, 0.2) is 0 Å². The van der Waals surface area contributed by atoms with Gasteiger partial charge < -0.3 is 10.8 Å². The maximum Gasteiger partial charge on any atom is 0.416 e. The van der Waals surface area contributed by atoms with Crippen LogP contribution in [0.4, 0.5) is 17.6 Å². The summed E-state index contributed by atoms with van der Waals surface area (Å²) in [7, 11) is 0. The molecule has 0 saturated carbocycles. The molecular formula is C13H17F4NO. The van der Waals surface area contributed by atoms with Crippen LogP contribution in [0.3, 0.4) is 0 Å². The molecule has 0 saturated heterocycles. The third kappa shape index (κ3) is 4.18. The van der Waals surface area contributed by atoms with Crippen LogP contribution in [-0.2, 0) is 6.18 Å². The Hall–Kier alpha value is -1.14. The molecule has 19 heavy (non-hydrogen) atoms. The zero-order valence-corrected chi connectivity index (χ0v) is 10.7. The van der Waals surface area contributed by atoms with Crippen LogP contribution in [0.5, 0.6) is 0 Å². The average Bonchev–Trinajstić information content (AvgIpc) is 2.26. The lowest BCUT2D eigenvalue weighted by Gasteiger charge is -2.22.